The summed E-state index contributed by atoms with van der Waals surface area (Å²) in [5.74, 6) is -0.768. The van der Waals surface area contributed by atoms with Crippen molar-refractivity contribution in [1.82, 2.24) is 19.9 Å². The first kappa shape index (κ1) is 25.0. The van der Waals surface area contributed by atoms with Crippen LogP contribution in [-0.2, 0) is 36.9 Å². The molecule has 0 fully saturated rings. The van der Waals surface area contributed by atoms with Gasteiger partial charge in [0.1, 0.15) is 0 Å². The second-order valence-electron chi connectivity index (χ2n) is 10.8. The maximum absolute atomic E-state index is 11.5. The van der Waals surface area contributed by atoms with Gasteiger partial charge in [-0.25, -0.2) is 0 Å². The predicted octanol–water partition coefficient (Wildman–Crippen LogP) is 6.19. The SMILES string of the molecule is C=Cc1c2[nH]c(c1C)Cc1[nH]c(c(C)c1C)Cc1[nH]c(c(C)c1C)Cc1[nH]c(c(C)c1CCC(=O)O)C2. The second-order valence-corrected chi connectivity index (χ2v) is 10.8. The fraction of sp³-hybridized carbons (Fsp3) is 0.387. The van der Waals surface area contributed by atoms with Crippen molar-refractivity contribution in [3.8, 4) is 0 Å². The van der Waals surface area contributed by atoms with Gasteiger partial charge in [-0.2, -0.15) is 0 Å². The lowest BCUT2D eigenvalue weighted by atomic mass is 9.99. The molecule has 0 atom stereocenters. The molecule has 8 bridgehead atoms. The summed E-state index contributed by atoms with van der Waals surface area (Å²) in [5, 5.41) is 9.41. The van der Waals surface area contributed by atoms with Crippen LogP contribution in [-0.4, -0.2) is 31.0 Å². The molecule has 194 valence electrons. The van der Waals surface area contributed by atoms with Crippen molar-refractivity contribution in [1.29, 1.82) is 0 Å². The summed E-state index contributed by atoms with van der Waals surface area (Å²) in [6.07, 6.45) is 5.67. The van der Waals surface area contributed by atoms with E-state index in [0.29, 0.717) is 6.42 Å². The van der Waals surface area contributed by atoms with Crippen LogP contribution in [0.15, 0.2) is 6.58 Å². The van der Waals surface area contributed by atoms with Crippen molar-refractivity contribution in [3.63, 3.8) is 0 Å². The van der Waals surface area contributed by atoms with Gasteiger partial charge in [-0.05, 0) is 92.5 Å². The highest BCUT2D eigenvalue weighted by molar-refractivity contribution is 5.67. The van der Waals surface area contributed by atoms with Crippen LogP contribution in [0.25, 0.3) is 6.08 Å². The largest absolute Gasteiger partial charge is 0.481 e. The van der Waals surface area contributed by atoms with Crippen molar-refractivity contribution in [2.75, 3.05) is 0 Å². The Morgan fingerprint density at radius 3 is 1.51 bits per heavy atom. The Bertz CT molecular complexity index is 1540. The van der Waals surface area contributed by atoms with Crippen molar-refractivity contribution in [2.45, 2.75) is 80.1 Å². The number of aromatic nitrogens is 4. The van der Waals surface area contributed by atoms with Gasteiger partial charge in [0.25, 0.3) is 0 Å². The number of carboxylic acid groups (broad SMARTS) is 1. The zero-order chi connectivity index (χ0) is 26.6. The van der Waals surface area contributed by atoms with Crippen molar-refractivity contribution < 1.29 is 9.90 Å². The van der Waals surface area contributed by atoms with Gasteiger partial charge in [0.2, 0.25) is 0 Å². The highest BCUT2D eigenvalue weighted by atomic mass is 16.4. The molecule has 0 unspecified atom stereocenters. The predicted molar refractivity (Wildman–Crippen MR) is 149 cm³/mol. The number of carbonyl (C=O) groups is 1. The third kappa shape index (κ3) is 4.28. The summed E-state index contributed by atoms with van der Waals surface area (Å²) in [6, 6.07) is 0. The molecule has 0 saturated heterocycles. The molecular formula is C31H38N4O2. The van der Waals surface area contributed by atoms with Crippen LogP contribution in [0.2, 0.25) is 0 Å². The van der Waals surface area contributed by atoms with E-state index < -0.39 is 5.97 Å². The quantitative estimate of drug-likeness (QED) is 0.204. The smallest absolute Gasteiger partial charge is 0.303 e. The maximum atomic E-state index is 11.5. The molecule has 0 amide bonds. The summed E-state index contributed by atoms with van der Waals surface area (Å²) < 4.78 is 0. The Labute approximate surface area is 218 Å². The fourth-order valence-electron chi connectivity index (χ4n) is 6.04. The minimum absolute atomic E-state index is 0.121. The van der Waals surface area contributed by atoms with E-state index >= 15 is 0 Å². The standard InChI is InChI=1S/C31H38N4O2/c1-8-21-19(6)27-12-25-16(3)15(2)23(32-25)11-24-17(4)18(5)26(33-24)13-30-22(9-10-31(36)37)20(7)28(35-30)14-29(21)34-27/h8,32-35H,1,9-14H2,2-7H3,(H,36,37). The van der Waals surface area contributed by atoms with E-state index in [9.17, 15) is 9.90 Å². The number of fused-ring (bicyclic) bond motifs is 8. The maximum Gasteiger partial charge on any atom is 0.303 e. The van der Waals surface area contributed by atoms with Gasteiger partial charge >= 0.3 is 5.97 Å². The number of hydrogen-bond donors (Lipinski definition) is 5. The second kappa shape index (κ2) is 9.33. The zero-order valence-electron chi connectivity index (χ0n) is 22.9. The molecule has 0 saturated carbocycles. The first-order valence-electron chi connectivity index (χ1n) is 13.2. The van der Waals surface area contributed by atoms with Gasteiger partial charge < -0.3 is 25.0 Å². The summed E-state index contributed by atoms with van der Waals surface area (Å²) in [7, 11) is 0. The van der Waals surface area contributed by atoms with Gasteiger partial charge in [-0.15, -0.1) is 0 Å². The lowest BCUT2D eigenvalue weighted by molar-refractivity contribution is -0.136. The van der Waals surface area contributed by atoms with Crippen LogP contribution in [0.3, 0.4) is 0 Å². The number of aliphatic carboxylic acids is 1. The van der Waals surface area contributed by atoms with Crippen LogP contribution < -0.4 is 0 Å². The van der Waals surface area contributed by atoms with E-state index in [4.69, 9.17) is 0 Å². The Morgan fingerprint density at radius 1 is 0.649 bits per heavy atom. The molecule has 5 N–H and O–H groups in total. The highest BCUT2D eigenvalue weighted by Gasteiger charge is 2.23. The Kier molecular flexibility index (Phi) is 6.30. The fourth-order valence-corrected chi connectivity index (χ4v) is 6.04. The number of nitrogens with one attached hydrogen (secondary N) is 4. The van der Waals surface area contributed by atoms with Gasteiger partial charge in [-0.3, -0.25) is 4.79 Å². The molecule has 37 heavy (non-hydrogen) atoms. The summed E-state index contributed by atoms with van der Waals surface area (Å²) >= 11 is 0. The molecule has 0 radical (unpaired) electrons. The molecule has 1 aliphatic heterocycles. The summed E-state index contributed by atoms with van der Waals surface area (Å²) in [5.41, 5.74) is 19.4. The number of carboxylic acids is 1. The van der Waals surface area contributed by atoms with Gasteiger partial charge in [-0.1, -0.05) is 12.7 Å². The molecule has 0 aromatic carbocycles. The minimum atomic E-state index is -0.768. The van der Waals surface area contributed by atoms with E-state index in [1.165, 1.54) is 56.3 Å². The number of aromatic amines is 4. The van der Waals surface area contributed by atoms with Crippen LogP contribution in [0.4, 0.5) is 0 Å². The normalized spacial score (nSPS) is 13.2. The van der Waals surface area contributed by atoms with Crippen LogP contribution in [0.5, 0.6) is 0 Å². The lowest BCUT2D eigenvalue weighted by Crippen LogP contribution is -2.02. The van der Waals surface area contributed by atoms with Crippen LogP contribution in [0, 0.1) is 41.5 Å². The molecule has 5 heterocycles. The topological polar surface area (TPSA) is 100 Å². The third-order valence-corrected chi connectivity index (χ3v) is 8.80. The molecule has 5 rings (SSSR count). The van der Waals surface area contributed by atoms with Gasteiger partial charge in [0, 0.05) is 77.7 Å². The van der Waals surface area contributed by atoms with E-state index in [0.717, 1.165) is 59.5 Å². The van der Waals surface area contributed by atoms with Gasteiger partial charge in [0.15, 0.2) is 0 Å². The van der Waals surface area contributed by atoms with E-state index in [1.54, 1.807) is 0 Å². The Hall–Kier alpha value is -3.67. The number of H-pyrrole nitrogens is 4. The number of hydrogen-bond acceptors (Lipinski definition) is 1. The summed E-state index contributed by atoms with van der Waals surface area (Å²) in [4.78, 5) is 26.4. The molecule has 0 aliphatic carbocycles. The monoisotopic (exact) mass is 498 g/mol. The van der Waals surface area contributed by atoms with E-state index in [-0.39, 0.29) is 6.42 Å². The summed E-state index contributed by atoms with van der Waals surface area (Å²) in [6.45, 7) is 17.2. The molecule has 6 heteroatoms. The van der Waals surface area contributed by atoms with Crippen molar-refractivity contribution >= 4 is 12.0 Å². The Morgan fingerprint density at radius 2 is 1.03 bits per heavy atom. The zero-order valence-corrected chi connectivity index (χ0v) is 22.9. The lowest BCUT2D eigenvalue weighted by Gasteiger charge is -2.05. The number of rotatable bonds is 4. The molecule has 6 nitrogen and oxygen atoms in total. The van der Waals surface area contributed by atoms with Gasteiger partial charge in [0.05, 0.1) is 0 Å². The molecule has 0 spiro atoms. The van der Waals surface area contributed by atoms with E-state index in [2.05, 4.69) is 68.1 Å². The minimum Gasteiger partial charge on any atom is -0.481 e. The van der Waals surface area contributed by atoms with Crippen molar-refractivity contribution in [2.24, 2.45) is 0 Å². The first-order chi connectivity index (χ1) is 17.6. The molecule has 4 aromatic rings. The average molecular weight is 499 g/mol. The van der Waals surface area contributed by atoms with Crippen LogP contribution in [0.1, 0.15) is 96.5 Å². The third-order valence-electron chi connectivity index (χ3n) is 8.80. The van der Waals surface area contributed by atoms with Crippen molar-refractivity contribution in [3.05, 3.63) is 96.6 Å². The first-order valence-corrected chi connectivity index (χ1v) is 13.2. The molecule has 4 aromatic heterocycles. The average Bonchev–Trinajstić information content (AvgIpc) is 3.49. The Balaban J connectivity index is 1.70. The molecular weight excluding hydrogens is 460 g/mol. The van der Waals surface area contributed by atoms with Crippen LogP contribution >= 0.6 is 0 Å². The highest BCUT2D eigenvalue weighted by Crippen LogP contribution is 2.32. The molecule has 1 aliphatic rings. The van der Waals surface area contributed by atoms with E-state index in [1.807, 2.05) is 6.08 Å².